The molecule has 4 heteroatoms. The number of ether oxygens (including phenoxy) is 1. The van der Waals surface area contributed by atoms with Crippen LogP contribution in [0.2, 0.25) is 0 Å². The summed E-state index contributed by atoms with van der Waals surface area (Å²) in [5, 5.41) is 12.3. The van der Waals surface area contributed by atoms with Crippen LogP contribution in [0.1, 0.15) is 46.5 Å². The highest BCUT2D eigenvalue weighted by Crippen LogP contribution is 2.10. The van der Waals surface area contributed by atoms with Crippen LogP contribution in [0.3, 0.4) is 0 Å². The second-order valence-electron chi connectivity index (χ2n) is 4.49. The Kier molecular flexibility index (Phi) is 10.2. The Hall–Kier alpha value is -0.610. The normalized spacial score (nSPS) is 14.4. The molecule has 0 amide bonds. The van der Waals surface area contributed by atoms with Crippen LogP contribution in [-0.4, -0.2) is 36.9 Å². The third kappa shape index (κ3) is 9.12. The maximum Gasteiger partial charge on any atom is 0.307 e. The molecule has 0 fully saturated rings. The summed E-state index contributed by atoms with van der Waals surface area (Å²) >= 11 is 0. The predicted octanol–water partition coefficient (Wildman–Crippen LogP) is 1.72. The van der Waals surface area contributed by atoms with Crippen molar-refractivity contribution in [1.82, 2.24) is 5.32 Å². The third-order valence-electron chi connectivity index (χ3n) is 2.77. The van der Waals surface area contributed by atoms with Crippen molar-refractivity contribution in [1.29, 1.82) is 0 Å². The summed E-state index contributed by atoms with van der Waals surface area (Å²) < 4.78 is 4.90. The van der Waals surface area contributed by atoms with E-state index in [1.54, 1.807) is 0 Å². The fourth-order valence-corrected chi connectivity index (χ4v) is 1.85. The summed E-state index contributed by atoms with van der Waals surface area (Å²) in [7, 11) is 0. The smallest absolute Gasteiger partial charge is 0.307 e. The van der Waals surface area contributed by atoms with Gasteiger partial charge in [-0.3, -0.25) is 4.79 Å². The molecule has 0 aliphatic heterocycles. The van der Waals surface area contributed by atoms with E-state index in [0.29, 0.717) is 18.9 Å². The molecule has 4 nitrogen and oxygen atoms in total. The van der Waals surface area contributed by atoms with Crippen molar-refractivity contribution in [3.8, 4) is 0 Å². The topological polar surface area (TPSA) is 58.6 Å². The van der Waals surface area contributed by atoms with Gasteiger partial charge in [0.25, 0.3) is 0 Å². The average molecular weight is 245 g/mol. The molecule has 0 aliphatic carbocycles. The van der Waals surface area contributed by atoms with Crippen molar-refractivity contribution in [2.45, 2.75) is 52.5 Å². The Morgan fingerprint density at radius 2 is 2.06 bits per heavy atom. The molecule has 17 heavy (non-hydrogen) atoms. The maximum atomic E-state index is 11.2. The number of carbonyl (C=O) groups excluding carboxylic acids is 1. The van der Waals surface area contributed by atoms with E-state index in [9.17, 15) is 4.79 Å². The lowest BCUT2D eigenvalue weighted by atomic mass is 10.00. The number of aliphatic hydroxyl groups excluding tert-OH is 1. The van der Waals surface area contributed by atoms with Crippen molar-refractivity contribution in [3.05, 3.63) is 0 Å². The van der Waals surface area contributed by atoms with Gasteiger partial charge in [0.2, 0.25) is 0 Å². The number of aliphatic hydroxyl groups is 1. The summed E-state index contributed by atoms with van der Waals surface area (Å²) in [5.41, 5.74) is 0. The second-order valence-corrected chi connectivity index (χ2v) is 4.49. The lowest BCUT2D eigenvalue weighted by molar-refractivity contribution is -0.143. The minimum absolute atomic E-state index is 0.132. The zero-order valence-corrected chi connectivity index (χ0v) is 11.4. The number of hydrogen-bond acceptors (Lipinski definition) is 4. The van der Waals surface area contributed by atoms with Gasteiger partial charge in [-0.15, -0.1) is 0 Å². The van der Waals surface area contributed by atoms with Gasteiger partial charge in [0, 0.05) is 12.6 Å². The lowest BCUT2D eigenvalue weighted by Gasteiger charge is -2.19. The number of rotatable bonds is 10. The minimum Gasteiger partial charge on any atom is -0.466 e. The van der Waals surface area contributed by atoms with E-state index in [0.717, 1.165) is 25.8 Å². The molecule has 2 N–H and O–H groups in total. The van der Waals surface area contributed by atoms with Gasteiger partial charge in [-0.1, -0.05) is 13.3 Å². The zero-order valence-electron chi connectivity index (χ0n) is 11.4. The molecule has 0 saturated carbocycles. The molecule has 0 heterocycles. The molecule has 0 bridgehead atoms. The molecular formula is C13H27NO3. The molecule has 0 aromatic heterocycles. The lowest BCUT2D eigenvalue weighted by Crippen LogP contribution is -2.33. The van der Waals surface area contributed by atoms with Crippen LogP contribution in [0.5, 0.6) is 0 Å². The monoisotopic (exact) mass is 245 g/mol. The summed E-state index contributed by atoms with van der Waals surface area (Å²) in [6.07, 6.45) is 3.47. The van der Waals surface area contributed by atoms with Crippen LogP contribution in [0.25, 0.3) is 0 Å². The van der Waals surface area contributed by atoms with E-state index in [-0.39, 0.29) is 18.6 Å². The van der Waals surface area contributed by atoms with Gasteiger partial charge in [-0.2, -0.15) is 0 Å². The van der Waals surface area contributed by atoms with E-state index in [1.165, 1.54) is 0 Å². The first-order valence-corrected chi connectivity index (χ1v) is 6.63. The standard InChI is InChI=1S/C13H27NO3/c1-4-6-12(7-8-15)10-14-11(3)9-13(16)17-5-2/h11-12,14-15H,4-10H2,1-3H3. The maximum absolute atomic E-state index is 11.2. The van der Waals surface area contributed by atoms with E-state index < -0.39 is 0 Å². The molecule has 102 valence electrons. The molecular weight excluding hydrogens is 218 g/mol. The summed E-state index contributed by atoms with van der Waals surface area (Å²) in [6.45, 7) is 7.47. The van der Waals surface area contributed by atoms with E-state index in [2.05, 4.69) is 12.2 Å². The second kappa shape index (κ2) is 10.5. The molecule has 0 aromatic carbocycles. The van der Waals surface area contributed by atoms with Gasteiger partial charge < -0.3 is 15.2 Å². The molecule has 0 aromatic rings. The first-order valence-electron chi connectivity index (χ1n) is 6.63. The largest absolute Gasteiger partial charge is 0.466 e. The molecule has 0 radical (unpaired) electrons. The molecule has 0 spiro atoms. The molecule has 0 saturated heterocycles. The molecule has 2 atom stereocenters. The Balaban J connectivity index is 3.78. The van der Waals surface area contributed by atoms with Crippen LogP contribution in [0.4, 0.5) is 0 Å². The van der Waals surface area contributed by atoms with Crippen molar-refractivity contribution >= 4 is 5.97 Å². The number of hydrogen-bond donors (Lipinski definition) is 2. The van der Waals surface area contributed by atoms with E-state index in [1.807, 2.05) is 13.8 Å². The molecule has 0 rings (SSSR count). The molecule has 2 unspecified atom stereocenters. The number of nitrogens with one attached hydrogen (secondary N) is 1. The quantitative estimate of drug-likeness (QED) is 0.575. The Morgan fingerprint density at radius 1 is 1.35 bits per heavy atom. The summed E-state index contributed by atoms with van der Waals surface area (Å²) in [6, 6.07) is 0.132. The Bertz CT molecular complexity index is 191. The highest BCUT2D eigenvalue weighted by molar-refractivity contribution is 5.69. The Morgan fingerprint density at radius 3 is 2.59 bits per heavy atom. The minimum atomic E-state index is -0.151. The highest BCUT2D eigenvalue weighted by atomic mass is 16.5. The van der Waals surface area contributed by atoms with Crippen molar-refractivity contribution in [2.75, 3.05) is 19.8 Å². The summed E-state index contributed by atoms with van der Waals surface area (Å²) in [4.78, 5) is 11.2. The van der Waals surface area contributed by atoms with Crippen LogP contribution in [0.15, 0.2) is 0 Å². The van der Waals surface area contributed by atoms with Gasteiger partial charge in [-0.05, 0) is 39.2 Å². The van der Waals surface area contributed by atoms with Crippen molar-refractivity contribution in [3.63, 3.8) is 0 Å². The SMILES string of the molecule is CCCC(CCO)CNC(C)CC(=O)OCC. The van der Waals surface area contributed by atoms with Crippen LogP contribution < -0.4 is 5.32 Å². The molecule has 0 aliphatic rings. The van der Waals surface area contributed by atoms with E-state index >= 15 is 0 Å². The summed E-state index contributed by atoms with van der Waals surface area (Å²) in [5.74, 6) is 0.344. The van der Waals surface area contributed by atoms with Gasteiger partial charge in [0.15, 0.2) is 0 Å². The van der Waals surface area contributed by atoms with Crippen LogP contribution in [0, 0.1) is 5.92 Å². The third-order valence-corrected chi connectivity index (χ3v) is 2.77. The zero-order chi connectivity index (χ0) is 13.1. The van der Waals surface area contributed by atoms with Crippen molar-refractivity contribution < 1.29 is 14.6 Å². The van der Waals surface area contributed by atoms with E-state index in [4.69, 9.17) is 9.84 Å². The first-order chi connectivity index (χ1) is 8.13. The number of carbonyl (C=O) groups is 1. The predicted molar refractivity (Wildman–Crippen MR) is 68.8 cm³/mol. The fourth-order valence-electron chi connectivity index (χ4n) is 1.85. The average Bonchev–Trinajstić information content (AvgIpc) is 2.27. The fraction of sp³-hybridized carbons (Fsp3) is 0.923. The van der Waals surface area contributed by atoms with Gasteiger partial charge in [-0.25, -0.2) is 0 Å². The van der Waals surface area contributed by atoms with Crippen LogP contribution >= 0.6 is 0 Å². The van der Waals surface area contributed by atoms with Crippen molar-refractivity contribution in [2.24, 2.45) is 5.92 Å². The van der Waals surface area contributed by atoms with Gasteiger partial charge in [0.05, 0.1) is 13.0 Å². The Labute approximate surface area is 105 Å². The van der Waals surface area contributed by atoms with Gasteiger partial charge in [0.1, 0.15) is 0 Å². The van der Waals surface area contributed by atoms with Crippen LogP contribution in [-0.2, 0) is 9.53 Å². The number of esters is 1. The first kappa shape index (κ1) is 16.4. The van der Waals surface area contributed by atoms with Gasteiger partial charge >= 0.3 is 5.97 Å². The highest BCUT2D eigenvalue weighted by Gasteiger charge is 2.12.